The fourth-order valence-corrected chi connectivity index (χ4v) is 1.80. The van der Waals surface area contributed by atoms with E-state index in [0.717, 1.165) is 13.1 Å². The topological polar surface area (TPSA) is 38.8 Å². The Balaban J connectivity index is 2.33. The first kappa shape index (κ1) is 11.5. The molecule has 1 aliphatic heterocycles. The molecule has 82 valence electrons. The summed E-state index contributed by atoms with van der Waals surface area (Å²) < 4.78 is 10.5. The van der Waals surface area contributed by atoms with Crippen LogP contribution in [-0.4, -0.2) is 49.3 Å². The molecule has 0 bridgehead atoms. The summed E-state index contributed by atoms with van der Waals surface area (Å²) >= 11 is 0. The average molecular weight is 201 g/mol. The molecule has 0 saturated carbocycles. The van der Waals surface area contributed by atoms with Crippen LogP contribution in [0.15, 0.2) is 0 Å². The molecule has 1 heterocycles. The lowest BCUT2D eigenvalue weighted by Gasteiger charge is -2.34. The molecule has 0 radical (unpaired) electrons. The van der Waals surface area contributed by atoms with Crippen LogP contribution in [0.1, 0.15) is 20.8 Å². The normalized spacial score (nSPS) is 28.8. The fourth-order valence-electron chi connectivity index (χ4n) is 1.80. The van der Waals surface area contributed by atoms with Crippen LogP contribution in [0.3, 0.4) is 0 Å². The first-order valence-corrected chi connectivity index (χ1v) is 5.15. The highest BCUT2D eigenvalue weighted by molar-refractivity contribution is 5.71. The van der Waals surface area contributed by atoms with Crippen molar-refractivity contribution in [2.75, 3.05) is 26.2 Å². The van der Waals surface area contributed by atoms with E-state index in [0.29, 0.717) is 13.2 Å². The van der Waals surface area contributed by atoms with Crippen molar-refractivity contribution in [3.63, 3.8) is 0 Å². The molecule has 14 heavy (non-hydrogen) atoms. The zero-order valence-corrected chi connectivity index (χ0v) is 9.16. The number of hydrogen-bond donors (Lipinski definition) is 0. The SMILES string of the molecule is CCOC(=O)CN1CC(C)OC(C)C1. The summed E-state index contributed by atoms with van der Waals surface area (Å²) in [5.41, 5.74) is 0. The molecule has 1 fully saturated rings. The Morgan fingerprint density at radius 2 is 2.00 bits per heavy atom. The van der Waals surface area contributed by atoms with Gasteiger partial charge in [0.1, 0.15) is 0 Å². The standard InChI is InChI=1S/C10H19NO3/c1-4-13-10(12)7-11-5-8(2)14-9(3)6-11/h8-9H,4-7H2,1-3H3. The molecule has 2 unspecified atom stereocenters. The van der Waals surface area contributed by atoms with Crippen LogP contribution in [0.5, 0.6) is 0 Å². The minimum atomic E-state index is -0.145. The molecule has 1 rings (SSSR count). The molecule has 0 aromatic rings. The zero-order chi connectivity index (χ0) is 10.6. The van der Waals surface area contributed by atoms with Crippen molar-refractivity contribution in [2.24, 2.45) is 0 Å². The van der Waals surface area contributed by atoms with Crippen molar-refractivity contribution in [1.82, 2.24) is 4.90 Å². The highest BCUT2D eigenvalue weighted by atomic mass is 16.5. The van der Waals surface area contributed by atoms with Gasteiger partial charge in [-0.1, -0.05) is 0 Å². The van der Waals surface area contributed by atoms with Crippen LogP contribution in [0.2, 0.25) is 0 Å². The van der Waals surface area contributed by atoms with Gasteiger partial charge in [0.15, 0.2) is 0 Å². The molecular weight excluding hydrogens is 182 g/mol. The van der Waals surface area contributed by atoms with E-state index in [1.807, 2.05) is 20.8 Å². The van der Waals surface area contributed by atoms with E-state index >= 15 is 0 Å². The Kier molecular flexibility index (Phi) is 4.35. The number of carbonyl (C=O) groups is 1. The van der Waals surface area contributed by atoms with Crippen LogP contribution < -0.4 is 0 Å². The lowest BCUT2D eigenvalue weighted by atomic mass is 10.2. The Morgan fingerprint density at radius 1 is 1.43 bits per heavy atom. The van der Waals surface area contributed by atoms with Crippen LogP contribution in [0, 0.1) is 0 Å². The van der Waals surface area contributed by atoms with E-state index in [-0.39, 0.29) is 18.2 Å². The highest BCUT2D eigenvalue weighted by Crippen LogP contribution is 2.09. The number of hydrogen-bond acceptors (Lipinski definition) is 4. The summed E-state index contributed by atoms with van der Waals surface area (Å²) in [5.74, 6) is -0.145. The van der Waals surface area contributed by atoms with E-state index in [1.54, 1.807) is 0 Å². The van der Waals surface area contributed by atoms with Gasteiger partial charge in [-0.2, -0.15) is 0 Å². The molecule has 0 aliphatic carbocycles. The van der Waals surface area contributed by atoms with E-state index < -0.39 is 0 Å². The lowest BCUT2D eigenvalue weighted by molar-refractivity contribution is -0.147. The van der Waals surface area contributed by atoms with Crippen molar-refractivity contribution in [1.29, 1.82) is 0 Å². The predicted octanol–water partition coefficient (Wildman–Crippen LogP) is 0.659. The Morgan fingerprint density at radius 3 is 2.50 bits per heavy atom. The van der Waals surface area contributed by atoms with Crippen LogP contribution >= 0.6 is 0 Å². The maximum atomic E-state index is 11.2. The fraction of sp³-hybridized carbons (Fsp3) is 0.900. The monoisotopic (exact) mass is 201 g/mol. The highest BCUT2D eigenvalue weighted by Gasteiger charge is 2.23. The number of ether oxygens (including phenoxy) is 2. The Hall–Kier alpha value is -0.610. The van der Waals surface area contributed by atoms with Gasteiger partial charge in [-0.25, -0.2) is 0 Å². The first-order valence-electron chi connectivity index (χ1n) is 5.15. The van der Waals surface area contributed by atoms with E-state index in [2.05, 4.69) is 4.90 Å². The molecule has 2 atom stereocenters. The number of nitrogens with zero attached hydrogens (tertiary/aromatic N) is 1. The van der Waals surface area contributed by atoms with Gasteiger partial charge in [0.2, 0.25) is 0 Å². The summed E-state index contributed by atoms with van der Waals surface area (Å²) in [6.45, 7) is 8.32. The molecule has 0 N–H and O–H groups in total. The van der Waals surface area contributed by atoms with Gasteiger partial charge in [0.25, 0.3) is 0 Å². The zero-order valence-electron chi connectivity index (χ0n) is 9.16. The lowest BCUT2D eigenvalue weighted by Crippen LogP contribution is -2.47. The summed E-state index contributed by atoms with van der Waals surface area (Å²) in [7, 11) is 0. The van der Waals surface area contributed by atoms with Crippen molar-refractivity contribution in [3.8, 4) is 0 Å². The van der Waals surface area contributed by atoms with Crippen LogP contribution in [0.4, 0.5) is 0 Å². The van der Waals surface area contributed by atoms with Gasteiger partial charge < -0.3 is 9.47 Å². The van der Waals surface area contributed by atoms with Gasteiger partial charge >= 0.3 is 5.97 Å². The summed E-state index contributed by atoms with van der Waals surface area (Å²) in [6, 6.07) is 0. The van der Waals surface area contributed by atoms with Gasteiger partial charge in [0.05, 0.1) is 25.4 Å². The second-order valence-corrected chi connectivity index (χ2v) is 3.76. The average Bonchev–Trinajstić information content (AvgIpc) is 2.01. The van der Waals surface area contributed by atoms with Crippen LogP contribution in [0.25, 0.3) is 0 Å². The molecule has 0 amide bonds. The maximum absolute atomic E-state index is 11.2. The number of carbonyl (C=O) groups excluding carboxylic acids is 1. The summed E-state index contributed by atoms with van der Waals surface area (Å²) in [5, 5.41) is 0. The third kappa shape index (κ3) is 3.64. The molecule has 0 spiro atoms. The predicted molar refractivity (Wildman–Crippen MR) is 53.1 cm³/mol. The Bertz CT molecular complexity index is 186. The van der Waals surface area contributed by atoms with Crippen molar-refractivity contribution >= 4 is 5.97 Å². The van der Waals surface area contributed by atoms with E-state index in [1.165, 1.54) is 0 Å². The number of morpholine rings is 1. The number of esters is 1. The molecule has 1 aliphatic rings. The van der Waals surface area contributed by atoms with E-state index in [4.69, 9.17) is 9.47 Å². The number of rotatable bonds is 3. The third-order valence-electron chi connectivity index (χ3n) is 2.15. The summed E-state index contributed by atoms with van der Waals surface area (Å²) in [4.78, 5) is 13.3. The largest absolute Gasteiger partial charge is 0.465 e. The van der Waals surface area contributed by atoms with Gasteiger partial charge in [-0.05, 0) is 20.8 Å². The minimum absolute atomic E-state index is 0.145. The van der Waals surface area contributed by atoms with Crippen LogP contribution in [-0.2, 0) is 14.3 Å². The third-order valence-corrected chi connectivity index (χ3v) is 2.15. The molecule has 4 nitrogen and oxygen atoms in total. The maximum Gasteiger partial charge on any atom is 0.320 e. The van der Waals surface area contributed by atoms with Crippen molar-refractivity contribution in [2.45, 2.75) is 33.0 Å². The van der Waals surface area contributed by atoms with Gasteiger partial charge in [-0.3, -0.25) is 9.69 Å². The second-order valence-electron chi connectivity index (χ2n) is 3.76. The summed E-state index contributed by atoms with van der Waals surface area (Å²) in [6.07, 6.45) is 0.404. The van der Waals surface area contributed by atoms with Gasteiger partial charge in [0, 0.05) is 13.1 Å². The minimum Gasteiger partial charge on any atom is -0.465 e. The molecule has 0 aromatic carbocycles. The molecule has 4 heteroatoms. The first-order chi connectivity index (χ1) is 6.61. The quantitative estimate of drug-likeness (QED) is 0.629. The van der Waals surface area contributed by atoms with Crippen molar-refractivity contribution in [3.05, 3.63) is 0 Å². The molecule has 0 aromatic heterocycles. The van der Waals surface area contributed by atoms with Gasteiger partial charge in [-0.15, -0.1) is 0 Å². The van der Waals surface area contributed by atoms with E-state index in [9.17, 15) is 4.79 Å². The molecular formula is C10H19NO3. The Labute approximate surface area is 85.2 Å². The second kappa shape index (κ2) is 5.32. The van der Waals surface area contributed by atoms with Crippen molar-refractivity contribution < 1.29 is 14.3 Å². The molecule has 1 saturated heterocycles. The smallest absolute Gasteiger partial charge is 0.320 e.